The van der Waals surface area contributed by atoms with Crippen LogP contribution >= 0.6 is 0 Å². The molecule has 1 atom stereocenters. The summed E-state index contributed by atoms with van der Waals surface area (Å²) in [5.74, 6) is -0.515. The van der Waals surface area contributed by atoms with Gasteiger partial charge in [0.05, 0.1) is 0 Å². The molecule has 5 heteroatoms. The highest BCUT2D eigenvalue weighted by Crippen LogP contribution is 2.16. The maximum Gasteiger partial charge on any atom is 0.408 e. The van der Waals surface area contributed by atoms with Gasteiger partial charge in [0.2, 0.25) is 0 Å². The predicted molar refractivity (Wildman–Crippen MR) is 74.1 cm³/mol. The highest BCUT2D eigenvalue weighted by molar-refractivity contribution is 5.79. The number of hydrogen-bond donors (Lipinski definition) is 2. The molecule has 0 aliphatic heterocycles. The van der Waals surface area contributed by atoms with Crippen LogP contribution in [0.1, 0.15) is 60.3 Å². The third kappa shape index (κ3) is 8.46. The Morgan fingerprint density at radius 1 is 1.16 bits per heavy atom. The first-order valence-corrected chi connectivity index (χ1v) is 6.91. The van der Waals surface area contributed by atoms with E-state index >= 15 is 0 Å². The minimum absolute atomic E-state index is 0.431. The third-order valence-corrected chi connectivity index (χ3v) is 3.01. The first-order valence-electron chi connectivity index (χ1n) is 6.91. The summed E-state index contributed by atoms with van der Waals surface area (Å²) in [4.78, 5) is 22.7. The molecule has 5 nitrogen and oxygen atoms in total. The first-order chi connectivity index (χ1) is 8.69. The molecule has 112 valence electrons. The fourth-order valence-electron chi connectivity index (χ4n) is 1.81. The van der Waals surface area contributed by atoms with Gasteiger partial charge in [0.25, 0.3) is 0 Å². The Labute approximate surface area is 115 Å². The molecule has 0 bridgehead atoms. The number of rotatable bonds is 7. The Balaban J connectivity index is 4.34. The van der Waals surface area contributed by atoms with E-state index in [1.165, 1.54) is 0 Å². The molecule has 0 unspecified atom stereocenters. The quantitative estimate of drug-likeness (QED) is 0.747. The van der Waals surface area contributed by atoms with Crippen LogP contribution in [0.4, 0.5) is 4.79 Å². The van der Waals surface area contributed by atoms with Gasteiger partial charge in [-0.1, -0.05) is 26.7 Å². The van der Waals surface area contributed by atoms with Crippen LogP contribution in [0.2, 0.25) is 0 Å². The molecule has 0 aliphatic rings. The van der Waals surface area contributed by atoms with E-state index in [-0.39, 0.29) is 0 Å². The van der Waals surface area contributed by atoms with Crippen molar-refractivity contribution in [1.29, 1.82) is 0 Å². The number of carboxylic acid groups (broad SMARTS) is 1. The zero-order valence-corrected chi connectivity index (χ0v) is 12.7. The van der Waals surface area contributed by atoms with Gasteiger partial charge in [-0.3, -0.25) is 0 Å². The first kappa shape index (κ1) is 17.7. The SMILES string of the molecule is CCC(CC)CC[C@H](NC(=O)OC(C)(C)C)C(=O)O. The van der Waals surface area contributed by atoms with E-state index in [2.05, 4.69) is 19.2 Å². The standard InChI is InChI=1S/C14H27NO4/c1-6-10(7-2)8-9-11(12(16)17)15-13(18)19-14(3,4)5/h10-11H,6-9H2,1-5H3,(H,15,18)(H,16,17)/t11-/m0/s1. The molecule has 2 N–H and O–H groups in total. The zero-order chi connectivity index (χ0) is 15.1. The van der Waals surface area contributed by atoms with Crippen molar-refractivity contribution < 1.29 is 19.4 Å². The van der Waals surface area contributed by atoms with Crippen LogP contribution in [0.3, 0.4) is 0 Å². The minimum atomic E-state index is -1.02. The topological polar surface area (TPSA) is 75.6 Å². The van der Waals surface area contributed by atoms with Crippen molar-refractivity contribution in [2.45, 2.75) is 71.9 Å². The van der Waals surface area contributed by atoms with Gasteiger partial charge in [0, 0.05) is 0 Å². The Hall–Kier alpha value is -1.26. The van der Waals surface area contributed by atoms with Crippen molar-refractivity contribution in [2.75, 3.05) is 0 Å². The van der Waals surface area contributed by atoms with Gasteiger partial charge < -0.3 is 15.2 Å². The van der Waals surface area contributed by atoms with Gasteiger partial charge in [-0.25, -0.2) is 9.59 Å². The monoisotopic (exact) mass is 273 g/mol. The lowest BCUT2D eigenvalue weighted by Crippen LogP contribution is -2.43. The molecule has 0 rings (SSSR count). The van der Waals surface area contributed by atoms with Crippen LogP contribution < -0.4 is 5.32 Å². The summed E-state index contributed by atoms with van der Waals surface area (Å²) in [6.45, 7) is 9.40. The second kappa shape index (κ2) is 8.02. The summed E-state index contributed by atoms with van der Waals surface area (Å²) < 4.78 is 5.06. The molecule has 0 saturated carbocycles. The van der Waals surface area contributed by atoms with Gasteiger partial charge in [-0.2, -0.15) is 0 Å². The van der Waals surface area contributed by atoms with Crippen molar-refractivity contribution in [3.63, 3.8) is 0 Å². The molecular weight excluding hydrogens is 246 g/mol. The van der Waals surface area contributed by atoms with Crippen LogP contribution in [0.25, 0.3) is 0 Å². The van der Waals surface area contributed by atoms with Gasteiger partial charge in [0.1, 0.15) is 11.6 Å². The fraction of sp³-hybridized carbons (Fsp3) is 0.857. The van der Waals surface area contributed by atoms with E-state index in [0.29, 0.717) is 12.3 Å². The van der Waals surface area contributed by atoms with E-state index in [1.54, 1.807) is 20.8 Å². The van der Waals surface area contributed by atoms with Crippen molar-refractivity contribution in [3.8, 4) is 0 Å². The van der Waals surface area contributed by atoms with E-state index in [9.17, 15) is 9.59 Å². The van der Waals surface area contributed by atoms with Crippen molar-refractivity contribution in [2.24, 2.45) is 5.92 Å². The number of aliphatic carboxylic acids is 1. The third-order valence-electron chi connectivity index (χ3n) is 3.01. The molecule has 0 saturated heterocycles. The lowest BCUT2D eigenvalue weighted by atomic mass is 9.95. The number of nitrogens with one attached hydrogen (secondary N) is 1. The molecule has 0 aromatic rings. The summed E-state index contributed by atoms with van der Waals surface area (Å²) in [5.41, 5.74) is -0.623. The molecule has 0 radical (unpaired) electrons. The van der Waals surface area contributed by atoms with Gasteiger partial charge in [-0.05, 0) is 39.5 Å². The minimum Gasteiger partial charge on any atom is -0.480 e. The van der Waals surface area contributed by atoms with E-state index in [1.807, 2.05) is 0 Å². The highest BCUT2D eigenvalue weighted by Gasteiger charge is 2.24. The van der Waals surface area contributed by atoms with Crippen molar-refractivity contribution in [1.82, 2.24) is 5.32 Å². The predicted octanol–water partition coefficient (Wildman–Crippen LogP) is 3.18. The lowest BCUT2D eigenvalue weighted by molar-refractivity contribution is -0.139. The van der Waals surface area contributed by atoms with Crippen LogP contribution in [0.15, 0.2) is 0 Å². The molecule has 19 heavy (non-hydrogen) atoms. The van der Waals surface area contributed by atoms with Crippen LogP contribution in [-0.2, 0) is 9.53 Å². The highest BCUT2D eigenvalue weighted by atomic mass is 16.6. The summed E-state index contributed by atoms with van der Waals surface area (Å²) in [6.07, 6.45) is 2.59. The summed E-state index contributed by atoms with van der Waals surface area (Å²) in [7, 11) is 0. The van der Waals surface area contributed by atoms with Crippen LogP contribution in [0, 0.1) is 5.92 Å². The smallest absolute Gasteiger partial charge is 0.408 e. The Kier molecular flexibility index (Phi) is 7.49. The second-order valence-corrected chi connectivity index (χ2v) is 5.80. The molecule has 0 spiro atoms. The summed E-state index contributed by atoms with van der Waals surface area (Å²) in [6, 6.07) is -0.879. The Bertz CT molecular complexity index is 292. The lowest BCUT2D eigenvalue weighted by Gasteiger charge is -2.22. The van der Waals surface area contributed by atoms with Gasteiger partial charge in [-0.15, -0.1) is 0 Å². The van der Waals surface area contributed by atoms with Gasteiger partial charge >= 0.3 is 12.1 Å². The fourth-order valence-corrected chi connectivity index (χ4v) is 1.81. The van der Waals surface area contributed by atoms with E-state index in [4.69, 9.17) is 9.84 Å². The number of hydrogen-bond acceptors (Lipinski definition) is 3. The molecule has 0 aromatic heterocycles. The second-order valence-electron chi connectivity index (χ2n) is 5.80. The van der Waals surface area contributed by atoms with E-state index in [0.717, 1.165) is 19.3 Å². The number of carboxylic acids is 1. The average Bonchev–Trinajstić information content (AvgIpc) is 2.25. The molecule has 1 amide bonds. The Morgan fingerprint density at radius 3 is 2.05 bits per heavy atom. The zero-order valence-electron chi connectivity index (χ0n) is 12.7. The molecule has 0 heterocycles. The van der Waals surface area contributed by atoms with Gasteiger partial charge in [0.15, 0.2) is 0 Å². The summed E-state index contributed by atoms with van der Waals surface area (Å²) >= 11 is 0. The van der Waals surface area contributed by atoms with Crippen LogP contribution in [-0.4, -0.2) is 28.8 Å². The van der Waals surface area contributed by atoms with Crippen molar-refractivity contribution in [3.05, 3.63) is 0 Å². The molecule has 0 fully saturated rings. The summed E-state index contributed by atoms with van der Waals surface area (Å²) in [5, 5.41) is 11.5. The number of carbonyl (C=O) groups excluding carboxylic acids is 1. The molecular formula is C14H27NO4. The largest absolute Gasteiger partial charge is 0.480 e. The van der Waals surface area contributed by atoms with Crippen LogP contribution in [0.5, 0.6) is 0 Å². The normalized spacial score (nSPS) is 13.2. The van der Waals surface area contributed by atoms with E-state index < -0.39 is 23.7 Å². The number of ether oxygens (including phenoxy) is 1. The maximum atomic E-state index is 11.6. The average molecular weight is 273 g/mol. The Morgan fingerprint density at radius 2 is 1.68 bits per heavy atom. The number of amides is 1. The number of alkyl carbamates (subject to hydrolysis) is 1. The molecule has 0 aromatic carbocycles. The maximum absolute atomic E-state index is 11.6. The molecule has 0 aliphatic carbocycles. The number of carbonyl (C=O) groups is 2. The van der Waals surface area contributed by atoms with Crippen molar-refractivity contribution >= 4 is 12.1 Å².